The SMILES string of the molecule is O=C(O)c1oc(-c2ccc(F)c(Cl)c2)nc1C(F)(F)F. The Bertz CT molecular complexity index is 681. The second-order valence-corrected chi connectivity index (χ2v) is 4.04. The van der Waals surface area contributed by atoms with Crippen molar-refractivity contribution in [3.8, 4) is 11.5 Å². The Labute approximate surface area is 113 Å². The van der Waals surface area contributed by atoms with Gasteiger partial charge >= 0.3 is 12.1 Å². The van der Waals surface area contributed by atoms with E-state index in [1.807, 2.05) is 0 Å². The van der Waals surface area contributed by atoms with E-state index in [1.165, 1.54) is 0 Å². The van der Waals surface area contributed by atoms with Crippen molar-refractivity contribution in [3.05, 3.63) is 40.5 Å². The Hall–Kier alpha value is -2.09. The van der Waals surface area contributed by atoms with Gasteiger partial charge in [0.15, 0.2) is 5.69 Å². The third kappa shape index (κ3) is 2.60. The first-order chi connectivity index (χ1) is 9.20. The van der Waals surface area contributed by atoms with Crippen molar-refractivity contribution in [2.45, 2.75) is 6.18 Å². The van der Waals surface area contributed by atoms with Crippen LogP contribution in [0.2, 0.25) is 5.02 Å². The zero-order chi connectivity index (χ0) is 15.1. The summed E-state index contributed by atoms with van der Waals surface area (Å²) in [6, 6.07) is 2.95. The number of rotatable bonds is 2. The van der Waals surface area contributed by atoms with Crippen LogP contribution in [0, 0.1) is 5.82 Å². The molecule has 0 aliphatic rings. The smallest absolute Gasteiger partial charge is 0.437 e. The van der Waals surface area contributed by atoms with Crippen LogP contribution in [0.4, 0.5) is 17.6 Å². The first-order valence-electron chi connectivity index (χ1n) is 4.97. The lowest BCUT2D eigenvalue weighted by atomic mass is 10.2. The number of carbonyl (C=O) groups is 1. The lowest BCUT2D eigenvalue weighted by Crippen LogP contribution is -2.11. The van der Waals surface area contributed by atoms with Crippen molar-refractivity contribution in [3.63, 3.8) is 0 Å². The monoisotopic (exact) mass is 309 g/mol. The molecule has 2 aromatic rings. The highest BCUT2D eigenvalue weighted by Crippen LogP contribution is 2.35. The normalized spacial score (nSPS) is 11.7. The molecule has 4 nitrogen and oxygen atoms in total. The molecular formula is C11H4ClF4NO3. The number of benzene rings is 1. The van der Waals surface area contributed by atoms with E-state index in [2.05, 4.69) is 9.40 Å². The third-order valence-electron chi connectivity index (χ3n) is 2.26. The van der Waals surface area contributed by atoms with Crippen LogP contribution in [0.3, 0.4) is 0 Å². The van der Waals surface area contributed by atoms with E-state index < -0.39 is 35.3 Å². The molecule has 2 rings (SSSR count). The Balaban J connectivity index is 2.58. The van der Waals surface area contributed by atoms with Crippen LogP contribution in [0.15, 0.2) is 22.6 Å². The maximum absolute atomic E-state index is 13.0. The zero-order valence-corrected chi connectivity index (χ0v) is 10.1. The molecule has 0 aliphatic carbocycles. The fourth-order valence-corrected chi connectivity index (χ4v) is 1.59. The molecular weight excluding hydrogens is 306 g/mol. The summed E-state index contributed by atoms with van der Waals surface area (Å²) in [5.74, 6) is -4.65. The molecule has 0 saturated heterocycles. The number of nitrogens with zero attached hydrogens (tertiary/aromatic N) is 1. The highest BCUT2D eigenvalue weighted by Gasteiger charge is 2.41. The van der Waals surface area contributed by atoms with Crippen LogP contribution in [-0.2, 0) is 6.18 Å². The number of carboxylic acid groups (broad SMARTS) is 1. The quantitative estimate of drug-likeness (QED) is 0.856. The van der Waals surface area contributed by atoms with Crippen molar-refractivity contribution in [1.82, 2.24) is 4.98 Å². The summed E-state index contributed by atoms with van der Waals surface area (Å²) >= 11 is 5.48. The van der Waals surface area contributed by atoms with Gasteiger partial charge in [-0.05, 0) is 18.2 Å². The van der Waals surface area contributed by atoms with Crippen LogP contribution < -0.4 is 0 Å². The minimum atomic E-state index is -4.99. The lowest BCUT2D eigenvalue weighted by Gasteiger charge is -2.00. The summed E-state index contributed by atoms with van der Waals surface area (Å²) in [6.07, 6.45) is -4.99. The first-order valence-corrected chi connectivity index (χ1v) is 5.34. The van der Waals surface area contributed by atoms with E-state index >= 15 is 0 Å². The number of hydrogen-bond donors (Lipinski definition) is 1. The molecule has 1 aromatic heterocycles. The summed E-state index contributed by atoms with van der Waals surface area (Å²) in [4.78, 5) is 13.8. The van der Waals surface area contributed by atoms with E-state index in [1.54, 1.807) is 0 Å². The maximum atomic E-state index is 13.0. The van der Waals surface area contributed by atoms with E-state index in [-0.39, 0.29) is 10.6 Å². The van der Waals surface area contributed by atoms with Crippen molar-refractivity contribution >= 4 is 17.6 Å². The number of halogens is 5. The van der Waals surface area contributed by atoms with Gasteiger partial charge in [0.1, 0.15) is 5.82 Å². The molecule has 0 fully saturated rings. The Morgan fingerprint density at radius 2 is 2.00 bits per heavy atom. The predicted octanol–water partition coefficient (Wildman–Crippen LogP) is 3.85. The molecule has 0 spiro atoms. The van der Waals surface area contributed by atoms with Gasteiger partial charge in [0.2, 0.25) is 11.7 Å². The van der Waals surface area contributed by atoms with E-state index in [9.17, 15) is 22.4 Å². The van der Waals surface area contributed by atoms with Crippen LogP contribution in [0.1, 0.15) is 16.2 Å². The molecule has 20 heavy (non-hydrogen) atoms. The topological polar surface area (TPSA) is 63.3 Å². The van der Waals surface area contributed by atoms with Gasteiger partial charge in [-0.25, -0.2) is 14.2 Å². The van der Waals surface area contributed by atoms with E-state index in [0.717, 1.165) is 18.2 Å². The first kappa shape index (κ1) is 14.3. The minimum absolute atomic E-state index is 0.0746. The van der Waals surface area contributed by atoms with Crippen LogP contribution in [0.5, 0.6) is 0 Å². The van der Waals surface area contributed by atoms with Crippen molar-refractivity contribution < 1.29 is 31.9 Å². The van der Waals surface area contributed by atoms with Gasteiger partial charge in [0.05, 0.1) is 5.02 Å². The van der Waals surface area contributed by atoms with Gasteiger partial charge in [0, 0.05) is 5.56 Å². The van der Waals surface area contributed by atoms with E-state index in [0.29, 0.717) is 0 Å². The second kappa shape index (κ2) is 4.78. The van der Waals surface area contributed by atoms with Gasteiger partial charge < -0.3 is 9.52 Å². The summed E-state index contributed by atoms with van der Waals surface area (Å²) in [5, 5.41) is 8.31. The average molecular weight is 310 g/mol. The van der Waals surface area contributed by atoms with Crippen LogP contribution in [-0.4, -0.2) is 16.1 Å². The molecule has 1 N–H and O–H groups in total. The number of aromatic nitrogens is 1. The molecule has 1 heterocycles. The molecule has 1 aromatic carbocycles. The molecule has 0 radical (unpaired) electrons. The Kier molecular flexibility index (Phi) is 3.43. The number of carboxylic acids is 1. The Morgan fingerprint density at radius 3 is 2.45 bits per heavy atom. The molecule has 0 atom stereocenters. The van der Waals surface area contributed by atoms with Crippen molar-refractivity contribution in [2.24, 2.45) is 0 Å². The second-order valence-electron chi connectivity index (χ2n) is 3.63. The van der Waals surface area contributed by atoms with Gasteiger partial charge in [-0.3, -0.25) is 0 Å². The number of alkyl halides is 3. The fourth-order valence-electron chi connectivity index (χ4n) is 1.41. The van der Waals surface area contributed by atoms with Gasteiger partial charge in [-0.1, -0.05) is 11.6 Å². The summed E-state index contributed by atoms with van der Waals surface area (Å²) < 4.78 is 55.4. The largest absolute Gasteiger partial charge is 0.475 e. The molecule has 106 valence electrons. The van der Waals surface area contributed by atoms with Crippen molar-refractivity contribution in [2.75, 3.05) is 0 Å². The van der Waals surface area contributed by atoms with Crippen LogP contribution >= 0.6 is 11.6 Å². The standard InChI is InChI=1S/C11H4ClF4NO3/c12-5-3-4(1-2-6(5)13)9-17-8(11(14,15)16)7(20-9)10(18)19/h1-3H,(H,18,19). The highest BCUT2D eigenvalue weighted by atomic mass is 35.5. The maximum Gasteiger partial charge on any atom is 0.437 e. The lowest BCUT2D eigenvalue weighted by molar-refractivity contribution is -0.141. The summed E-state index contributed by atoms with van der Waals surface area (Å²) in [5.41, 5.74) is -1.74. The number of hydrogen-bond acceptors (Lipinski definition) is 3. The molecule has 0 saturated carbocycles. The van der Waals surface area contributed by atoms with Crippen LogP contribution in [0.25, 0.3) is 11.5 Å². The van der Waals surface area contributed by atoms with Crippen molar-refractivity contribution in [1.29, 1.82) is 0 Å². The molecule has 0 amide bonds. The molecule has 0 aliphatic heterocycles. The molecule has 0 unspecified atom stereocenters. The Morgan fingerprint density at radius 1 is 1.35 bits per heavy atom. The minimum Gasteiger partial charge on any atom is -0.475 e. The van der Waals surface area contributed by atoms with Gasteiger partial charge in [0.25, 0.3) is 0 Å². The average Bonchev–Trinajstić information content (AvgIpc) is 2.77. The fraction of sp³-hybridized carbons (Fsp3) is 0.0909. The highest BCUT2D eigenvalue weighted by molar-refractivity contribution is 6.31. The summed E-state index contributed by atoms with van der Waals surface area (Å²) in [6.45, 7) is 0. The molecule has 0 bridgehead atoms. The van der Waals surface area contributed by atoms with Gasteiger partial charge in [-0.15, -0.1) is 0 Å². The van der Waals surface area contributed by atoms with Gasteiger partial charge in [-0.2, -0.15) is 13.2 Å². The zero-order valence-electron chi connectivity index (χ0n) is 9.33. The summed E-state index contributed by atoms with van der Waals surface area (Å²) in [7, 11) is 0. The number of aromatic carboxylic acids is 1. The number of oxazole rings is 1. The molecule has 9 heteroatoms. The third-order valence-corrected chi connectivity index (χ3v) is 2.55. The van der Waals surface area contributed by atoms with E-state index in [4.69, 9.17) is 16.7 Å². The predicted molar refractivity (Wildman–Crippen MR) is 58.9 cm³/mol.